The summed E-state index contributed by atoms with van der Waals surface area (Å²) in [5.74, 6) is -1.73. The summed E-state index contributed by atoms with van der Waals surface area (Å²) in [5, 5.41) is 0.666. The third-order valence-electron chi connectivity index (χ3n) is 5.48. The van der Waals surface area contributed by atoms with Crippen LogP contribution in [0, 0.1) is 17.6 Å². The molecule has 1 atom stereocenters. The predicted octanol–water partition coefficient (Wildman–Crippen LogP) is 5.30. The summed E-state index contributed by atoms with van der Waals surface area (Å²) in [6.07, 6.45) is 6.01. The molecule has 0 saturated carbocycles. The molecule has 3 aromatic rings. The Morgan fingerprint density at radius 1 is 1.21 bits per heavy atom. The highest BCUT2D eigenvalue weighted by atomic mass is 79.9. The third kappa shape index (κ3) is 4.75. The normalized spacial score (nSPS) is 15.4. The first kappa shape index (κ1) is 22.9. The number of methoxy groups -OCH3 is 1. The Hall–Kier alpha value is -3.26. The maximum absolute atomic E-state index is 14.0. The number of carbonyl (C=O) groups excluding carboxylic acids is 1. The molecule has 170 valence electrons. The molecule has 0 aliphatic heterocycles. The summed E-state index contributed by atoms with van der Waals surface area (Å²) in [4.78, 5) is 24.9. The van der Waals surface area contributed by atoms with Gasteiger partial charge >= 0.3 is 5.97 Å². The molecule has 5 nitrogen and oxygen atoms in total. The average Bonchev–Trinajstić information content (AvgIpc) is 2.83. The smallest absolute Gasteiger partial charge is 0.312 e. The molecule has 4 rings (SSSR count). The van der Waals surface area contributed by atoms with E-state index in [0.29, 0.717) is 23.9 Å². The molecule has 1 aliphatic carbocycles. The summed E-state index contributed by atoms with van der Waals surface area (Å²) in [6, 6.07) is 10.5. The number of allylic oxidation sites excluding steroid dienone is 3. The van der Waals surface area contributed by atoms with Crippen molar-refractivity contribution in [2.45, 2.75) is 19.6 Å². The molecule has 0 spiro atoms. The minimum atomic E-state index is -0.718. The number of hydrogen-bond acceptors (Lipinski definition) is 4. The van der Waals surface area contributed by atoms with Gasteiger partial charge in [-0.05, 0) is 52.2 Å². The van der Waals surface area contributed by atoms with Crippen molar-refractivity contribution in [1.29, 1.82) is 0 Å². The quantitative estimate of drug-likeness (QED) is 0.418. The van der Waals surface area contributed by atoms with Crippen LogP contribution < -0.4 is 10.3 Å². The number of esters is 1. The fraction of sp³-hybridized carbons (Fsp3) is 0.200. The Bertz CT molecular complexity index is 1350. The molecule has 0 amide bonds. The lowest BCUT2D eigenvalue weighted by atomic mass is 9.96. The highest BCUT2D eigenvalue weighted by molar-refractivity contribution is 9.10. The van der Waals surface area contributed by atoms with E-state index in [4.69, 9.17) is 9.47 Å². The molecular formula is C25H20BrF2NO4. The van der Waals surface area contributed by atoms with Gasteiger partial charge in [-0.2, -0.15) is 0 Å². The Balaban J connectivity index is 1.66. The molecular weight excluding hydrogens is 496 g/mol. The van der Waals surface area contributed by atoms with Crippen LogP contribution >= 0.6 is 15.9 Å². The van der Waals surface area contributed by atoms with Crippen molar-refractivity contribution < 1.29 is 23.0 Å². The van der Waals surface area contributed by atoms with E-state index in [2.05, 4.69) is 15.9 Å². The zero-order valence-electron chi connectivity index (χ0n) is 17.7. The molecule has 2 aromatic carbocycles. The Morgan fingerprint density at radius 3 is 2.70 bits per heavy atom. The third-order valence-corrected chi connectivity index (χ3v) is 6.18. The van der Waals surface area contributed by atoms with E-state index in [1.807, 2.05) is 30.4 Å². The van der Waals surface area contributed by atoms with Crippen LogP contribution in [-0.2, 0) is 22.7 Å². The topological polar surface area (TPSA) is 57.5 Å². The van der Waals surface area contributed by atoms with Gasteiger partial charge in [-0.1, -0.05) is 30.4 Å². The van der Waals surface area contributed by atoms with E-state index in [9.17, 15) is 18.4 Å². The number of carbonyl (C=O) groups is 1. The number of rotatable bonds is 6. The van der Waals surface area contributed by atoms with Crippen molar-refractivity contribution in [3.63, 3.8) is 0 Å². The van der Waals surface area contributed by atoms with Gasteiger partial charge in [0.2, 0.25) is 0 Å². The van der Waals surface area contributed by atoms with Crippen LogP contribution in [0.1, 0.15) is 12.0 Å². The van der Waals surface area contributed by atoms with E-state index < -0.39 is 11.6 Å². The largest absolute Gasteiger partial charge is 0.487 e. The molecule has 1 heterocycles. The summed E-state index contributed by atoms with van der Waals surface area (Å²) in [6.45, 7) is 0.135. The van der Waals surface area contributed by atoms with E-state index in [1.165, 1.54) is 13.2 Å². The summed E-state index contributed by atoms with van der Waals surface area (Å²) < 4.78 is 39.6. The van der Waals surface area contributed by atoms with Crippen molar-refractivity contribution in [1.82, 2.24) is 4.57 Å². The van der Waals surface area contributed by atoms with Crippen molar-refractivity contribution in [3.8, 4) is 5.75 Å². The summed E-state index contributed by atoms with van der Waals surface area (Å²) in [5.41, 5.74) is 1.39. The van der Waals surface area contributed by atoms with Crippen molar-refractivity contribution in [2.24, 2.45) is 5.92 Å². The molecule has 1 aromatic heterocycles. The van der Waals surface area contributed by atoms with Gasteiger partial charge in [0, 0.05) is 17.0 Å². The van der Waals surface area contributed by atoms with Gasteiger partial charge in [-0.15, -0.1) is 0 Å². The Labute approximate surface area is 197 Å². The Kier molecular flexibility index (Phi) is 6.74. The molecule has 0 radical (unpaired) electrons. The molecule has 0 saturated heterocycles. The fourth-order valence-corrected chi connectivity index (χ4v) is 4.26. The van der Waals surface area contributed by atoms with E-state index >= 15 is 0 Å². The average molecular weight is 516 g/mol. The van der Waals surface area contributed by atoms with E-state index in [1.54, 1.807) is 16.7 Å². The molecule has 0 fully saturated rings. The minimum Gasteiger partial charge on any atom is -0.487 e. The molecule has 1 aliphatic rings. The second kappa shape index (κ2) is 9.70. The van der Waals surface area contributed by atoms with Crippen molar-refractivity contribution >= 4 is 32.8 Å². The van der Waals surface area contributed by atoms with Gasteiger partial charge in [0.05, 0.1) is 25.1 Å². The van der Waals surface area contributed by atoms with Crippen molar-refractivity contribution in [3.05, 3.63) is 98.3 Å². The standard InChI is InChI=1S/C25H20BrF2NO4/c1-32-25(31)16-8-6-15(7-9-16)13-29-21-5-3-2-4-19(21)23(22(26)24(29)30)33-14-17-10-11-18(27)12-20(17)28/h2-8,10-12,16H,9,13-14H2,1H3. The van der Waals surface area contributed by atoms with E-state index in [-0.39, 0.29) is 39.8 Å². The van der Waals surface area contributed by atoms with Crippen LogP contribution in [-0.4, -0.2) is 17.6 Å². The zero-order valence-corrected chi connectivity index (χ0v) is 19.3. The number of nitrogens with zero attached hydrogens (tertiary/aromatic N) is 1. The fourth-order valence-electron chi connectivity index (χ4n) is 3.72. The number of ether oxygens (including phenoxy) is 2. The highest BCUT2D eigenvalue weighted by Crippen LogP contribution is 2.32. The van der Waals surface area contributed by atoms with Crippen LogP contribution in [0.3, 0.4) is 0 Å². The number of para-hydroxylation sites is 1. The second-order valence-corrected chi connectivity index (χ2v) is 8.37. The Morgan fingerprint density at radius 2 is 2.00 bits per heavy atom. The first-order valence-corrected chi connectivity index (χ1v) is 11.0. The van der Waals surface area contributed by atoms with Gasteiger partial charge in [0.25, 0.3) is 5.56 Å². The molecule has 1 unspecified atom stereocenters. The predicted molar refractivity (Wildman–Crippen MR) is 124 cm³/mol. The lowest BCUT2D eigenvalue weighted by Crippen LogP contribution is -2.24. The first-order valence-electron chi connectivity index (χ1n) is 10.2. The second-order valence-electron chi connectivity index (χ2n) is 7.58. The van der Waals surface area contributed by atoms with Gasteiger partial charge < -0.3 is 14.0 Å². The van der Waals surface area contributed by atoms with Gasteiger partial charge in [-0.25, -0.2) is 8.78 Å². The number of fused-ring (bicyclic) bond motifs is 1. The number of hydrogen-bond donors (Lipinski definition) is 0. The molecule has 0 N–H and O–H groups in total. The SMILES string of the molecule is COC(=O)C1C=CC(Cn2c(=O)c(Br)c(OCc3ccc(F)cc3F)c3ccccc32)=CC1. The van der Waals surface area contributed by atoms with Crippen LogP contribution in [0.15, 0.2) is 75.5 Å². The number of pyridine rings is 1. The van der Waals surface area contributed by atoms with Crippen LogP contribution in [0.4, 0.5) is 8.78 Å². The number of halogens is 3. The first-order chi connectivity index (χ1) is 15.9. The van der Waals surface area contributed by atoms with Crippen LogP contribution in [0.25, 0.3) is 10.9 Å². The molecule has 8 heteroatoms. The zero-order chi connectivity index (χ0) is 23.5. The number of aromatic nitrogens is 1. The lowest BCUT2D eigenvalue weighted by Gasteiger charge is -2.19. The molecule has 0 bridgehead atoms. The minimum absolute atomic E-state index is 0.166. The van der Waals surface area contributed by atoms with E-state index in [0.717, 1.165) is 17.7 Å². The van der Waals surface area contributed by atoms with Gasteiger partial charge in [0.15, 0.2) is 0 Å². The van der Waals surface area contributed by atoms with Gasteiger partial charge in [0.1, 0.15) is 28.5 Å². The maximum atomic E-state index is 14.0. The molecule has 33 heavy (non-hydrogen) atoms. The van der Waals surface area contributed by atoms with Gasteiger partial charge in [-0.3, -0.25) is 9.59 Å². The number of benzene rings is 2. The highest BCUT2D eigenvalue weighted by Gasteiger charge is 2.20. The van der Waals surface area contributed by atoms with Crippen LogP contribution in [0.5, 0.6) is 5.75 Å². The summed E-state index contributed by atoms with van der Waals surface area (Å²) in [7, 11) is 1.35. The maximum Gasteiger partial charge on any atom is 0.312 e. The van der Waals surface area contributed by atoms with Crippen LogP contribution in [0.2, 0.25) is 0 Å². The lowest BCUT2D eigenvalue weighted by molar-refractivity contribution is -0.143. The van der Waals surface area contributed by atoms with Crippen molar-refractivity contribution in [2.75, 3.05) is 7.11 Å². The summed E-state index contributed by atoms with van der Waals surface area (Å²) >= 11 is 3.35. The monoisotopic (exact) mass is 515 g/mol.